The zero-order chi connectivity index (χ0) is 18.7. The molecule has 1 saturated carbocycles. The lowest BCUT2D eigenvalue weighted by Crippen LogP contribution is -2.36. The molecule has 0 radical (unpaired) electrons. The van der Waals surface area contributed by atoms with Crippen molar-refractivity contribution in [2.45, 2.75) is 31.7 Å². The molecule has 4 N–H and O–H groups in total. The van der Waals surface area contributed by atoms with Gasteiger partial charge in [-0.1, -0.05) is 30.3 Å². The van der Waals surface area contributed by atoms with E-state index in [9.17, 15) is 24.3 Å². The van der Waals surface area contributed by atoms with Gasteiger partial charge in [-0.25, -0.2) is 4.79 Å². The van der Waals surface area contributed by atoms with Gasteiger partial charge >= 0.3 is 5.69 Å². The van der Waals surface area contributed by atoms with Crippen LogP contribution in [0.4, 0.5) is 0 Å². The molecule has 0 aliphatic heterocycles. The van der Waals surface area contributed by atoms with Crippen molar-refractivity contribution in [3.63, 3.8) is 0 Å². The van der Waals surface area contributed by atoms with E-state index in [1.807, 2.05) is 35.3 Å². The minimum absolute atomic E-state index is 0.125. The lowest BCUT2D eigenvalue weighted by atomic mass is 9.96. The van der Waals surface area contributed by atoms with Gasteiger partial charge < -0.3 is 10.4 Å². The van der Waals surface area contributed by atoms with E-state index in [0.717, 1.165) is 5.56 Å². The number of amides is 1. The zero-order valence-corrected chi connectivity index (χ0v) is 14.0. The highest BCUT2D eigenvalue weighted by Gasteiger charge is 2.31. The van der Waals surface area contributed by atoms with E-state index in [2.05, 4.69) is 10.3 Å². The van der Waals surface area contributed by atoms with Crippen LogP contribution in [-0.4, -0.2) is 32.8 Å². The largest absolute Gasteiger partial charge is 0.501 e. The number of aromatic hydroxyl groups is 1. The third-order valence-corrected chi connectivity index (χ3v) is 4.59. The van der Waals surface area contributed by atoms with Crippen LogP contribution >= 0.6 is 0 Å². The molecule has 2 atom stereocenters. The molecule has 1 aliphatic carbocycles. The highest BCUT2D eigenvalue weighted by molar-refractivity contribution is 5.94. The maximum atomic E-state index is 12.4. The number of nitrogens with one attached hydrogen (secondary N) is 3. The molecule has 0 unspecified atom stereocenters. The van der Waals surface area contributed by atoms with Crippen LogP contribution in [0.3, 0.4) is 0 Å². The summed E-state index contributed by atoms with van der Waals surface area (Å²) in [5.41, 5.74) is -1.42. The molecule has 0 saturated heterocycles. The molecular formula is C18H19N3O5. The molecule has 2 aromatic rings. The monoisotopic (exact) mass is 357 g/mol. The number of rotatable bonds is 5. The Hall–Kier alpha value is -3.16. The summed E-state index contributed by atoms with van der Waals surface area (Å²) < 4.78 is 0. The number of carbonyl (C=O) groups is 2. The molecule has 0 bridgehead atoms. The van der Waals surface area contributed by atoms with E-state index in [1.54, 1.807) is 0 Å². The van der Waals surface area contributed by atoms with Crippen molar-refractivity contribution < 1.29 is 14.7 Å². The summed E-state index contributed by atoms with van der Waals surface area (Å²) in [6, 6.07) is 9.21. The lowest BCUT2D eigenvalue weighted by Gasteiger charge is -2.13. The third kappa shape index (κ3) is 3.90. The summed E-state index contributed by atoms with van der Waals surface area (Å²) in [7, 11) is 0. The Morgan fingerprint density at radius 2 is 1.85 bits per heavy atom. The van der Waals surface area contributed by atoms with E-state index < -0.39 is 28.6 Å². The summed E-state index contributed by atoms with van der Waals surface area (Å²) in [4.78, 5) is 51.2. The van der Waals surface area contributed by atoms with Crippen molar-refractivity contribution in [1.82, 2.24) is 15.3 Å². The molecule has 1 aliphatic rings. The smallest absolute Gasteiger partial charge is 0.326 e. The molecule has 1 heterocycles. The maximum absolute atomic E-state index is 12.4. The van der Waals surface area contributed by atoms with Gasteiger partial charge in [0.1, 0.15) is 5.78 Å². The number of ketones is 1. The van der Waals surface area contributed by atoms with E-state index in [-0.39, 0.29) is 17.7 Å². The normalized spacial score (nSPS) is 19.2. The van der Waals surface area contributed by atoms with Gasteiger partial charge in [0.15, 0.2) is 5.69 Å². The molecule has 1 aromatic heterocycles. The molecule has 1 fully saturated rings. The van der Waals surface area contributed by atoms with Crippen LogP contribution in [0.5, 0.6) is 5.75 Å². The molecule has 1 amide bonds. The van der Waals surface area contributed by atoms with Gasteiger partial charge in [-0.15, -0.1) is 0 Å². The first kappa shape index (κ1) is 17.7. The predicted octanol–water partition coefficient (Wildman–Crippen LogP) is 0.479. The first-order valence-electron chi connectivity index (χ1n) is 8.37. The Bertz CT molecular complexity index is 932. The zero-order valence-electron chi connectivity index (χ0n) is 14.0. The van der Waals surface area contributed by atoms with Gasteiger partial charge in [0.25, 0.3) is 11.5 Å². The summed E-state index contributed by atoms with van der Waals surface area (Å²) in [5.74, 6) is -1.60. The molecule has 136 valence electrons. The van der Waals surface area contributed by atoms with Gasteiger partial charge in [-0.05, 0) is 24.8 Å². The highest BCUT2D eigenvalue weighted by Crippen LogP contribution is 2.27. The molecule has 26 heavy (non-hydrogen) atoms. The minimum atomic E-state index is -1.03. The van der Waals surface area contributed by atoms with Crippen LogP contribution in [0, 0.1) is 5.92 Å². The SMILES string of the molecule is O=C(N[C@H]1CC[C@H](C(=O)Cc2ccccc2)C1)c1[nH]c(=O)[nH]c(=O)c1O. The Labute approximate surface area is 148 Å². The van der Waals surface area contributed by atoms with Gasteiger partial charge in [0.2, 0.25) is 5.75 Å². The average molecular weight is 357 g/mol. The van der Waals surface area contributed by atoms with E-state index in [4.69, 9.17) is 0 Å². The van der Waals surface area contributed by atoms with Gasteiger partial charge in [-0.3, -0.25) is 24.4 Å². The van der Waals surface area contributed by atoms with Crippen molar-refractivity contribution in [2.75, 3.05) is 0 Å². The van der Waals surface area contributed by atoms with Crippen LogP contribution in [-0.2, 0) is 11.2 Å². The van der Waals surface area contributed by atoms with Crippen LogP contribution in [0.25, 0.3) is 0 Å². The average Bonchev–Trinajstić information content (AvgIpc) is 3.07. The van der Waals surface area contributed by atoms with Crippen molar-refractivity contribution >= 4 is 11.7 Å². The molecule has 8 nitrogen and oxygen atoms in total. The van der Waals surface area contributed by atoms with Crippen LogP contribution in [0.15, 0.2) is 39.9 Å². The van der Waals surface area contributed by atoms with E-state index in [0.29, 0.717) is 25.7 Å². The number of H-pyrrole nitrogens is 2. The Balaban J connectivity index is 1.61. The molecular weight excluding hydrogens is 338 g/mol. The lowest BCUT2D eigenvalue weighted by molar-refractivity contribution is -0.122. The number of benzene rings is 1. The number of Topliss-reactive ketones (excluding diaryl/α,β-unsaturated/α-hetero) is 1. The van der Waals surface area contributed by atoms with Crippen LogP contribution < -0.4 is 16.6 Å². The van der Waals surface area contributed by atoms with Gasteiger partial charge in [0, 0.05) is 18.4 Å². The maximum Gasteiger partial charge on any atom is 0.326 e. The Morgan fingerprint density at radius 3 is 2.58 bits per heavy atom. The molecule has 3 rings (SSSR count). The van der Waals surface area contributed by atoms with Crippen LogP contribution in [0.2, 0.25) is 0 Å². The highest BCUT2D eigenvalue weighted by atomic mass is 16.3. The first-order valence-corrected chi connectivity index (χ1v) is 8.37. The number of hydrogen-bond donors (Lipinski definition) is 4. The van der Waals surface area contributed by atoms with Crippen LogP contribution in [0.1, 0.15) is 35.3 Å². The molecule has 8 heteroatoms. The molecule has 0 spiro atoms. The summed E-state index contributed by atoms with van der Waals surface area (Å²) in [5, 5.41) is 12.3. The number of hydrogen-bond acceptors (Lipinski definition) is 5. The minimum Gasteiger partial charge on any atom is -0.501 e. The fraction of sp³-hybridized carbons (Fsp3) is 0.333. The molecule has 1 aromatic carbocycles. The number of aromatic nitrogens is 2. The van der Waals surface area contributed by atoms with E-state index in [1.165, 1.54) is 0 Å². The second-order valence-electron chi connectivity index (χ2n) is 6.44. The van der Waals surface area contributed by atoms with Crippen molar-refractivity contribution in [1.29, 1.82) is 0 Å². The quantitative estimate of drug-likeness (QED) is 0.618. The second-order valence-corrected chi connectivity index (χ2v) is 6.44. The Morgan fingerprint density at radius 1 is 1.12 bits per heavy atom. The van der Waals surface area contributed by atoms with Crippen molar-refractivity contribution in [3.05, 3.63) is 62.4 Å². The Kier molecular flexibility index (Phi) is 5.01. The third-order valence-electron chi connectivity index (χ3n) is 4.59. The number of aromatic amines is 2. The summed E-state index contributed by atoms with van der Waals surface area (Å²) in [6.45, 7) is 0. The predicted molar refractivity (Wildman–Crippen MR) is 93.1 cm³/mol. The fourth-order valence-electron chi connectivity index (χ4n) is 3.25. The topological polar surface area (TPSA) is 132 Å². The van der Waals surface area contributed by atoms with Crippen molar-refractivity contribution in [2.24, 2.45) is 5.92 Å². The van der Waals surface area contributed by atoms with Gasteiger partial charge in [-0.2, -0.15) is 0 Å². The standard InChI is InChI=1S/C18H19N3O5/c22-13(8-10-4-2-1-3-5-10)11-6-7-12(9-11)19-16(24)14-15(23)17(25)21-18(26)20-14/h1-5,11-12,23H,6-9H2,(H,19,24)(H2,20,21,25,26)/t11-,12-/m0/s1. The van der Waals surface area contributed by atoms with E-state index >= 15 is 0 Å². The fourth-order valence-corrected chi connectivity index (χ4v) is 3.25. The second kappa shape index (κ2) is 7.38. The summed E-state index contributed by atoms with van der Waals surface area (Å²) >= 11 is 0. The van der Waals surface area contributed by atoms with Gasteiger partial charge in [0.05, 0.1) is 0 Å². The number of carbonyl (C=O) groups excluding carboxylic acids is 2. The first-order chi connectivity index (χ1) is 12.4. The van der Waals surface area contributed by atoms with Crippen molar-refractivity contribution in [3.8, 4) is 5.75 Å². The summed E-state index contributed by atoms with van der Waals surface area (Å²) in [6.07, 6.45) is 2.12.